The number of likely N-dealkylation sites (tertiary alicyclic amines) is 1. The van der Waals surface area contributed by atoms with Crippen molar-refractivity contribution in [2.24, 2.45) is 0 Å². The van der Waals surface area contributed by atoms with Crippen molar-refractivity contribution in [1.82, 2.24) is 14.7 Å². The highest BCUT2D eigenvalue weighted by atomic mass is 16.1. The van der Waals surface area contributed by atoms with E-state index < -0.39 is 0 Å². The monoisotopic (exact) mass is 347 g/mol. The van der Waals surface area contributed by atoms with Gasteiger partial charge in [0.25, 0.3) is 5.56 Å². The van der Waals surface area contributed by atoms with Crippen LogP contribution in [0.15, 0.2) is 53.3 Å². The lowest BCUT2D eigenvalue weighted by molar-refractivity contribution is 0.272. The average Bonchev–Trinajstić information content (AvgIpc) is 3.06. The number of aromatic nitrogens is 2. The number of nitrogens with zero attached hydrogens (tertiary/aromatic N) is 3. The smallest absolute Gasteiger partial charge is 0.271 e. The summed E-state index contributed by atoms with van der Waals surface area (Å²) in [7, 11) is 0. The third-order valence-electron chi connectivity index (χ3n) is 5.44. The third-order valence-corrected chi connectivity index (χ3v) is 5.44. The van der Waals surface area contributed by atoms with E-state index in [0.29, 0.717) is 0 Å². The molecule has 0 unspecified atom stereocenters. The van der Waals surface area contributed by atoms with Gasteiger partial charge in [-0.1, -0.05) is 24.3 Å². The summed E-state index contributed by atoms with van der Waals surface area (Å²) in [6.07, 6.45) is 3.74. The summed E-state index contributed by atoms with van der Waals surface area (Å²) < 4.78 is 1.47. The van der Waals surface area contributed by atoms with Crippen molar-refractivity contribution in [3.63, 3.8) is 0 Å². The summed E-state index contributed by atoms with van der Waals surface area (Å²) in [6, 6.07) is 16.8. The van der Waals surface area contributed by atoms with Crippen LogP contribution in [-0.2, 0) is 6.42 Å². The van der Waals surface area contributed by atoms with E-state index in [9.17, 15) is 4.79 Å². The lowest BCUT2D eigenvalue weighted by Crippen LogP contribution is -2.28. The molecule has 1 aliphatic rings. The van der Waals surface area contributed by atoms with E-state index >= 15 is 0 Å². The summed E-state index contributed by atoms with van der Waals surface area (Å²) in [5.74, 6) is 0. The van der Waals surface area contributed by atoms with Crippen LogP contribution in [-0.4, -0.2) is 33.8 Å². The Morgan fingerprint density at radius 1 is 1.08 bits per heavy atom. The maximum Gasteiger partial charge on any atom is 0.271 e. The number of rotatable bonds is 4. The molecule has 4 heteroatoms. The normalized spacial score (nSPS) is 17.8. The van der Waals surface area contributed by atoms with Crippen molar-refractivity contribution in [1.29, 1.82) is 0 Å². The van der Waals surface area contributed by atoms with Crippen LogP contribution in [0, 0.1) is 6.92 Å². The molecule has 1 fully saturated rings. The molecule has 0 spiro atoms. The van der Waals surface area contributed by atoms with Gasteiger partial charge in [0.15, 0.2) is 0 Å². The predicted molar refractivity (Wildman–Crippen MR) is 106 cm³/mol. The second-order valence-electron chi connectivity index (χ2n) is 7.37. The molecule has 0 N–H and O–H groups in total. The zero-order valence-corrected chi connectivity index (χ0v) is 15.5. The quantitative estimate of drug-likeness (QED) is 0.722. The molecule has 2 aromatic carbocycles. The minimum atomic E-state index is -0.105. The number of benzene rings is 2. The van der Waals surface area contributed by atoms with E-state index in [2.05, 4.69) is 41.2 Å². The molecule has 4 nitrogen and oxygen atoms in total. The van der Waals surface area contributed by atoms with Crippen LogP contribution >= 0.6 is 0 Å². The van der Waals surface area contributed by atoms with Gasteiger partial charge >= 0.3 is 0 Å². The SMILES string of the molecule is Cc1ccc(=O)n(-c2ccc3cc(CCN4CCC[C@H]4C)ccc3c2)n1. The highest BCUT2D eigenvalue weighted by Crippen LogP contribution is 2.21. The van der Waals surface area contributed by atoms with Crippen molar-refractivity contribution in [2.75, 3.05) is 13.1 Å². The Hall–Kier alpha value is -2.46. The van der Waals surface area contributed by atoms with Gasteiger partial charge < -0.3 is 4.90 Å². The van der Waals surface area contributed by atoms with Gasteiger partial charge in [-0.2, -0.15) is 9.78 Å². The highest BCUT2D eigenvalue weighted by Gasteiger charge is 2.19. The van der Waals surface area contributed by atoms with Gasteiger partial charge in [0.1, 0.15) is 0 Å². The maximum atomic E-state index is 12.1. The molecular weight excluding hydrogens is 322 g/mol. The number of fused-ring (bicyclic) bond motifs is 1. The third kappa shape index (κ3) is 3.42. The van der Waals surface area contributed by atoms with E-state index in [1.54, 1.807) is 12.1 Å². The molecule has 1 aliphatic heterocycles. The Morgan fingerprint density at radius 2 is 1.88 bits per heavy atom. The fourth-order valence-corrected chi connectivity index (χ4v) is 3.86. The van der Waals surface area contributed by atoms with Crippen LogP contribution in [0.5, 0.6) is 0 Å². The minimum absolute atomic E-state index is 0.105. The largest absolute Gasteiger partial charge is 0.300 e. The Morgan fingerprint density at radius 3 is 2.69 bits per heavy atom. The van der Waals surface area contributed by atoms with Gasteiger partial charge in [0.2, 0.25) is 0 Å². The van der Waals surface area contributed by atoms with Gasteiger partial charge in [-0.25, -0.2) is 0 Å². The molecule has 4 rings (SSSR count). The molecule has 2 heterocycles. The van der Waals surface area contributed by atoms with Crippen molar-refractivity contribution >= 4 is 10.8 Å². The average molecular weight is 347 g/mol. The molecule has 0 aliphatic carbocycles. The topological polar surface area (TPSA) is 38.1 Å². The fourth-order valence-electron chi connectivity index (χ4n) is 3.86. The van der Waals surface area contributed by atoms with Gasteiger partial charge in [-0.15, -0.1) is 0 Å². The number of hydrogen-bond acceptors (Lipinski definition) is 3. The van der Waals surface area contributed by atoms with Gasteiger partial charge in [0.05, 0.1) is 11.4 Å². The van der Waals surface area contributed by atoms with E-state index in [1.165, 1.54) is 35.0 Å². The lowest BCUT2D eigenvalue weighted by Gasteiger charge is -2.20. The molecule has 3 aromatic rings. The van der Waals surface area contributed by atoms with Crippen LogP contribution in [0.2, 0.25) is 0 Å². The van der Waals surface area contributed by atoms with E-state index in [0.717, 1.165) is 35.8 Å². The zero-order chi connectivity index (χ0) is 18.1. The Bertz CT molecular complexity index is 992. The number of hydrogen-bond donors (Lipinski definition) is 0. The van der Waals surface area contributed by atoms with Crippen molar-refractivity contribution in [3.8, 4) is 5.69 Å². The first-order valence-corrected chi connectivity index (χ1v) is 9.44. The van der Waals surface area contributed by atoms with Crippen molar-refractivity contribution in [2.45, 2.75) is 39.2 Å². The van der Waals surface area contributed by atoms with Gasteiger partial charge in [0, 0.05) is 18.7 Å². The van der Waals surface area contributed by atoms with E-state index in [1.807, 2.05) is 19.1 Å². The van der Waals surface area contributed by atoms with Crippen LogP contribution in [0.1, 0.15) is 31.0 Å². The molecule has 1 saturated heterocycles. The molecule has 0 bridgehead atoms. The fraction of sp³-hybridized carbons (Fsp3) is 0.364. The first-order chi connectivity index (χ1) is 12.6. The summed E-state index contributed by atoms with van der Waals surface area (Å²) in [5.41, 5.74) is 2.91. The molecular formula is C22H25N3O. The van der Waals surface area contributed by atoms with Gasteiger partial charge in [-0.3, -0.25) is 4.79 Å². The highest BCUT2D eigenvalue weighted by molar-refractivity contribution is 5.85. The van der Waals surface area contributed by atoms with Crippen LogP contribution in [0.3, 0.4) is 0 Å². The van der Waals surface area contributed by atoms with Crippen LogP contribution in [0.25, 0.3) is 16.5 Å². The Labute approximate surface area is 154 Å². The molecule has 0 saturated carbocycles. The first-order valence-electron chi connectivity index (χ1n) is 9.44. The maximum absolute atomic E-state index is 12.1. The van der Waals surface area contributed by atoms with Gasteiger partial charge in [-0.05, 0) is 74.2 Å². The Balaban J connectivity index is 1.58. The summed E-state index contributed by atoms with van der Waals surface area (Å²) in [4.78, 5) is 14.7. The standard InChI is InChI=1S/C22H25N3O/c1-16-5-10-22(26)25(23-16)21-9-8-19-14-18(6-7-20(19)15-21)11-13-24-12-3-4-17(24)2/h5-10,14-15,17H,3-4,11-13H2,1-2H3/t17-/m1/s1. The van der Waals surface area contributed by atoms with Crippen molar-refractivity contribution in [3.05, 3.63) is 70.1 Å². The van der Waals surface area contributed by atoms with Crippen LogP contribution in [0.4, 0.5) is 0 Å². The predicted octanol–water partition coefficient (Wildman–Crippen LogP) is 3.72. The summed E-state index contributed by atoms with van der Waals surface area (Å²) in [6.45, 7) is 6.59. The minimum Gasteiger partial charge on any atom is -0.300 e. The van der Waals surface area contributed by atoms with E-state index in [-0.39, 0.29) is 5.56 Å². The molecule has 1 aromatic heterocycles. The second-order valence-corrected chi connectivity index (χ2v) is 7.37. The van der Waals surface area contributed by atoms with Crippen LogP contribution < -0.4 is 5.56 Å². The summed E-state index contributed by atoms with van der Waals surface area (Å²) in [5, 5.41) is 6.69. The molecule has 26 heavy (non-hydrogen) atoms. The summed E-state index contributed by atoms with van der Waals surface area (Å²) >= 11 is 0. The Kier molecular flexibility index (Phi) is 4.60. The first kappa shape index (κ1) is 17.0. The lowest BCUT2D eigenvalue weighted by atomic mass is 10.0. The van der Waals surface area contributed by atoms with Crippen molar-refractivity contribution < 1.29 is 0 Å². The molecule has 0 radical (unpaired) electrons. The zero-order valence-electron chi connectivity index (χ0n) is 15.5. The molecule has 1 atom stereocenters. The molecule has 0 amide bonds. The second kappa shape index (κ2) is 7.04. The number of aryl methyl sites for hydroxylation is 1. The van der Waals surface area contributed by atoms with E-state index in [4.69, 9.17) is 0 Å². The molecule has 134 valence electrons.